The summed E-state index contributed by atoms with van der Waals surface area (Å²) in [6.07, 6.45) is 11.4. The van der Waals surface area contributed by atoms with Gasteiger partial charge in [-0.25, -0.2) is 0 Å². The van der Waals surface area contributed by atoms with Crippen molar-refractivity contribution in [1.82, 2.24) is 20.6 Å². The molecule has 4 aliphatic carbocycles. The van der Waals surface area contributed by atoms with Crippen molar-refractivity contribution >= 4 is 11.8 Å². The average Bonchev–Trinajstić information content (AvgIpc) is 2.89. The van der Waals surface area contributed by atoms with Crippen molar-refractivity contribution in [2.45, 2.75) is 44.9 Å². The van der Waals surface area contributed by atoms with E-state index in [1.165, 1.54) is 44.7 Å². The van der Waals surface area contributed by atoms with Crippen molar-refractivity contribution in [3.63, 3.8) is 0 Å². The molecule has 1 aromatic heterocycles. The molecule has 5 rings (SSSR count). The fourth-order valence-electron chi connectivity index (χ4n) is 5.63. The van der Waals surface area contributed by atoms with Crippen LogP contribution < -0.4 is 10.9 Å². The third-order valence-electron chi connectivity index (χ3n) is 5.98. The van der Waals surface area contributed by atoms with E-state index in [2.05, 4.69) is 16.0 Å². The molecule has 4 saturated carbocycles. The van der Waals surface area contributed by atoms with E-state index in [0.717, 1.165) is 17.8 Å². The molecule has 2 N–H and O–H groups in total. The van der Waals surface area contributed by atoms with Crippen molar-refractivity contribution < 1.29 is 9.59 Å². The molecule has 0 saturated heterocycles. The summed E-state index contributed by atoms with van der Waals surface area (Å²) < 4.78 is 1.56. The van der Waals surface area contributed by atoms with E-state index in [1.807, 2.05) is 0 Å². The van der Waals surface area contributed by atoms with E-state index in [1.54, 1.807) is 17.9 Å². The Hall–Kier alpha value is -1.85. The Bertz CT molecular complexity index is 601. The summed E-state index contributed by atoms with van der Waals surface area (Å²) in [4.78, 5) is 24.3. The predicted octanol–water partition coefficient (Wildman–Crippen LogP) is 1.79. The highest BCUT2D eigenvalue weighted by molar-refractivity contribution is 5.94. The molecule has 0 radical (unpaired) electrons. The summed E-state index contributed by atoms with van der Waals surface area (Å²) in [5.41, 5.74) is 5.73. The number of aromatic nitrogens is 2. The number of carbonyl (C=O) groups excluding carboxylic acids is 2. The lowest BCUT2D eigenvalue weighted by atomic mass is 9.49. The van der Waals surface area contributed by atoms with Crippen molar-refractivity contribution in [3.8, 4) is 0 Å². The molecular weight excluding hydrogens is 292 g/mol. The summed E-state index contributed by atoms with van der Waals surface area (Å²) in [7, 11) is 1.75. The van der Waals surface area contributed by atoms with Gasteiger partial charge in [0.1, 0.15) is 0 Å². The fourth-order valence-corrected chi connectivity index (χ4v) is 5.63. The minimum absolute atomic E-state index is 0.0656. The van der Waals surface area contributed by atoms with Gasteiger partial charge in [-0.2, -0.15) is 5.10 Å². The van der Waals surface area contributed by atoms with Gasteiger partial charge in [0.2, 0.25) is 5.91 Å². The highest BCUT2D eigenvalue weighted by Crippen LogP contribution is 2.61. The maximum Gasteiger partial charge on any atom is 0.272 e. The fraction of sp³-hybridized carbons (Fsp3) is 0.706. The second kappa shape index (κ2) is 5.35. The zero-order chi connectivity index (χ0) is 16.0. The molecule has 0 unspecified atom stereocenters. The Kier molecular flexibility index (Phi) is 3.43. The first-order valence-electron chi connectivity index (χ1n) is 8.59. The number of rotatable bonds is 3. The van der Waals surface area contributed by atoms with Gasteiger partial charge in [0.15, 0.2) is 0 Å². The van der Waals surface area contributed by atoms with Crippen LogP contribution in [0, 0.1) is 23.2 Å². The van der Waals surface area contributed by atoms with Crippen LogP contribution in [0.5, 0.6) is 0 Å². The summed E-state index contributed by atoms with van der Waals surface area (Å²) in [6.45, 7) is 0. The smallest absolute Gasteiger partial charge is 0.272 e. The molecule has 6 nitrogen and oxygen atoms in total. The number of amides is 2. The Morgan fingerprint density at radius 1 is 1.17 bits per heavy atom. The first-order valence-corrected chi connectivity index (χ1v) is 8.59. The number of aryl methyl sites for hydroxylation is 1. The van der Waals surface area contributed by atoms with Gasteiger partial charge in [0, 0.05) is 19.7 Å². The lowest BCUT2D eigenvalue weighted by molar-refractivity contribution is -0.130. The number of carbonyl (C=O) groups is 2. The molecule has 2 amide bonds. The molecule has 0 aromatic carbocycles. The number of hydrogen-bond donors (Lipinski definition) is 2. The first kappa shape index (κ1) is 14.7. The number of hydrazine groups is 1. The van der Waals surface area contributed by atoms with Gasteiger partial charge in [-0.1, -0.05) is 0 Å². The van der Waals surface area contributed by atoms with E-state index in [9.17, 15) is 9.59 Å². The Morgan fingerprint density at radius 2 is 1.78 bits per heavy atom. The molecule has 1 aromatic rings. The zero-order valence-corrected chi connectivity index (χ0v) is 13.5. The first-order chi connectivity index (χ1) is 11.0. The van der Waals surface area contributed by atoms with E-state index in [4.69, 9.17) is 0 Å². The summed E-state index contributed by atoms with van der Waals surface area (Å²) in [5, 5.41) is 3.95. The highest BCUT2D eigenvalue weighted by Gasteiger charge is 2.51. The highest BCUT2D eigenvalue weighted by atomic mass is 16.2. The summed E-state index contributed by atoms with van der Waals surface area (Å²) >= 11 is 0. The molecule has 0 atom stereocenters. The van der Waals surface area contributed by atoms with Crippen LogP contribution in [-0.2, 0) is 11.8 Å². The minimum Gasteiger partial charge on any atom is -0.275 e. The summed E-state index contributed by atoms with van der Waals surface area (Å²) in [6, 6.07) is 0. The molecule has 4 bridgehead atoms. The van der Waals surface area contributed by atoms with Crippen LogP contribution in [0.3, 0.4) is 0 Å². The lowest BCUT2D eigenvalue weighted by Gasteiger charge is -2.56. The Labute approximate surface area is 136 Å². The topological polar surface area (TPSA) is 76.0 Å². The molecule has 124 valence electrons. The van der Waals surface area contributed by atoms with Gasteiger partial charge in [-0.3, -0.25) is 25.1 Å². The third-order valence-corrected chi connectivity index (χ3v) is 5.98. The normalized spacial score (nSPS) is 34.4. The van der Waals surface area contributed by atoms with Crippen molar-refractivity contribution in [3.05, 3.63) is 18.0 Å². The molecule has 6 heteroatoms. The average molecular weight is 316 g/mol. The second-order valence-electron chi connectivity index (χ2n) is 8.00. The van der Waals surface area contributed by atoms with Crippen LogP contribution in [-0.4, -0.2) is 21.6 Å². The second-order valence-corrected chi connectivity index (χ2v) is 8.00. The number of hydrogen-bond acceptors (Lipinski definition) is 3. The largest absolute Gasteiger partial charge is 0.275 e. The van der Waals surface area contributed by atoms with Crippen LogP contribution >= 0.6 is 0 Å². The monoisotopic (exact) mass is 316 g/mol. The van der Waals surface area contributed by atoms with Gasteiger partial charge in [-0.15, -0.1) is 0 Å². The van der Waals surface area contributed by atoms with E-state index < -0.39 is 0 Å². The standard InChI is InChI=1S/C17H24N4O2/c1-21-10-14(9-18-21)16(23)20-19-15(22)8-17-5-11-2-12(6-17)4-13(3-11)7-17/h9-13H,2-8H2,1H3,(H,19,22)(H,20,23). The van der Waals surface area contributed by atoms with E-state index in [0.29, 0.717) is 12.0 Å². The summed E-state index contributed by atoms with van der Waals surface area (Å²) in [5.74, 6) is 2.11. The third kappa shape index (κ3) is 2.86. The number of nitrogens with zero attached hydrogens (tertiary/aromatic N) is 2. The van der Waals surface area contributed by atoms with Gasteiger partial charge in [-0.05, 0) is 61.7 Å². The minimum atomic E-state index is -0.322. The van der Waals surface area contributed by atoms with Crippen LogP contribution in [0.4, 0.5) is 0 Å². The zero-order valence-electron chi connectivity index (χ0n) is 13.5. The van der Waals surface area contributed by atoms with Crippen molar-refractivity contribution in [2.75, 3.05) is 0 Å². The van der Waals surface area contributed by atoms with Crippen LogP contribution in [0.15, 0.2) is 12.4 Å². The van der Waals surface area contributed by atoms with Crippen molar-refractivity contribution in [1.29, 1.82) is 0 Å². The van der Waals surface area contributed by atoms with Gasteiger partial charge in [0.05, 0.1) is 11.8 Å². The molecule has 0 aliphatic heterocycles. The molecule has 23 heavy (non-hydrogen) atoms. The SMILES string of the molecule is Cn1cc(C(=O)NNC(=O)CC23CC4CC(CC(C4)C2)C3)cn1. The van der Waals surface area contributed by atoms with Crippen LogP contribution in [0.1, 0.15) is 55.3 Å². The van der Waals surface area contributed by atoms with Gasteiger partial charge >= 0.3 is 0 Å². The van der Waals surface area contributed by atoms with E-state index in [-0.39, 0.29) is 17.2 Å². The molecule has 4 fully saturated rings. The Balaban J connectivity index is 1.33. The molecular formula is C17H24N4O2. The van der Waals surface area contributed by atoms with Crippen LogP contribution in [0.2, 0.25) is 0 Å². The lowest BCUT2D eigenvalue weighted by Crippen LogP contribution is -2.50. The van der Waals surface area contributed by atoms with Crippen molar-refractivity contribution in [2.24, 2.45) is 30.2 Å². The maximum absolute atomic E-state index is 12.3. The predicted molar refractivity (Wildman–Crippen MR) is 84.0 cm³/mol. The van der Waals surface area contributed by atoms with E-state index >= 15 is 0 Å². The van der Waals surface area contributed by atoms with Crippen LogP contribution in [0.25, 0.3) is 0 Å². The molecule has 4 aliphatic rings. The quantitative estimate of drug-likeness (QED) is 0.835. The molecule has 1 heterocycles. The Morgan fingerprint density at radius 3 is 2.30 bits per heavy atom. The molecule has 0 spiro atoms. The maximum atomic E-state index is 12.3. The van der Waals surface area contributed by atoms with Gasteiger partial charge < -0.3 is 0 Å². The van der Waals surface area contributed by atoms with Gasteiger partial charge in [0.25, 0.3) is 5.91 Å². The number of nitrogens with one attached hydrogen (secondary N) is 2.